The van der Waals surface area contributed by atoms with Gasteiger partial charge in [0, 0.05) is 43.7 Å². The molecular weight excluding hydrogens is 378 g/mol. The third kappa shape index (κ3) is 3.18. The van der Waals surface area contributed by atoms with Crippen LogP contribution in [0.3, 0.4) is 0 Å². The second-order valence-corrected chi connectivity index (χ2v) is 7.17. The zero-order valence-corrected chi connectivity index (χ0v) is 16.7. The molecule has 0 spiro atoms. The molecule has 7 heteroatoms. The maximum Gasteiger partial charge on any atom is 0.332 e. The van der Waals surface area contributed by atoms with E-state index in [4.69, 9.17) is 0 Å². The Balaban J connectivity index is 1.80. The van der Waals surface area contributed by atoms with Gasteiger partial charge in [-0.25, -0.2) is 4.79 Å². The number of H-pyrrole nitrogens is 1. The van der Waals surface area contributed by atoms with Gasteiger partial charge in [-0.2, -0.15) is 5.26 Å². The number of nitriles is 1. The normalized spacial score (nSPS) is 11.9. The molecule has 30 heavy (non-hydrogen) atoms. The predicted molar refractivity (Wildman–Crippen MR) is 117 cm³/mol. The van der Waals surface area contributed by atoms with Crippen molar-refractivity contribution < 1.29 is 0 Å². The van der Waals surface area contributed by atoms with E-state index in [0.717, 1.165) is 26.6 Å². The quantitative estimate of drug-likeness (QED) is 0.539. The number of rotatable bonds is 5. The Hall–Kier alpha value is -4.05. The van der Waals surface area contributed by atoms with Gasteiger partial charge in [-0.3, -0.25) is 13.9 Å². The minimum atomic E-state index is -0.605. The smallest absolute Gasteiger partial charge is 0.332 e. The van der Waals surface area contributed by atoms with Crippen LogP contribution >= 0.6 is 0 Å². The fourth-order valence-electron chi connectivity index (χ4n) is 3.83. The molecule has 4 rings (SSSR count). The first-order chi connectivity index (χ1) is 14.5. The van der Waals surface area contributed by atoms with Crippen LogP contribution in [-0.2, 0) is 14.1 Å². The van der Waals surface area contributed by atoms with Gasteiger partial charge in [-0.05, 0) is 17.2 Å². The molecule has 7 nitrogen and oxygen atoms in total. The number of nitrogens with one attached hydrogen (secondary N) is 2. The van der Waals surface area contributed by atoms with E-state index in [1.165, 1.54) is 11.6 Å². The third-order valence-corrected chi connectivity index (χ3v) is 5.45. The van der Waals surface area contributed by atoms with Crippen LogP contribution in [-0.4, -0.2) is 20.7 Å². The zero-order chi connectivity index (χ0) is 21.3. The van der Waals surface area contributed by atoms with Gasteiger partial charge in [-0.1, -0.05) is 48.5 Å². The van der Waals surface area contributed by atoms with Crippen LogP contribution in [0.1, 0.15) is 22.6 Å². The fourth-order valence-corrected chi connectivity index (χ4v) is 3.83. The van der Waals surface area contributed by atoms with Crippen LogP contribution in [0.15, 0.2) is 70.4 Å². The number of fused-ring (bicyclic) bond motifs is 1. The van der Waals surface area contributed by atoms with Crippen molar-refractivity contribution in [1.29, 1.82) is 5.26 Å². The summed E-state index contributed by atoms with van der Waals surface area (Å²) in [6, 6.07) is 20.0. The molecule has 0 amide bonds. The third-order valence-electron chi connectivity index (χ3n) is 5.45. The molecule has 0 bridgehead atoms. The number of aromatic nitrogens is 3. The SMILES string of the molecule is Cn1c(NCC(c2ccccc2)c2c[nH]c3ccccc23)c(C#N)c(=O)n(C)c1=O. The summed E-state index contributed by atoms with van der Waals surface area (Å²) in [5.41, 5.74) is 2.05. The Bertz CT molecular complexity index is 1370. The summed E-state index contributed by atoms with van der Waals surface area (Å²) < 4.78 is 2.25. The molecule has 0 aliphatic rings. The Kier molecular flexibility index (Phi) is 4.98. The highest BCUT2D eigenvalue weighted by atomic mass is 16.2. The lowest BCUT2D eigenvalue weighted by molar-refractivity contribution is 0.682. The largest absolute Gasteiger partial charge is 0.369 e. The van der Waals surface area contributed by atoms with Crippen molar-refractivity contribution in [2.75, 3.05) is 11.9 Å². The average Bonchev–Trinajstić information content (AvgIpc) is 3.20. The molecule has 0 saturated heterocycles. The first-order valence-electron chi connectivity index (χ1n) is 9.58. The molecule has 2 N–H and O–H groups in total. The number of nitrogens with zero attached hydrogens (tertiary/aromatic N) is 3. The van der Waals surface area contributed by atoms with Crippen molar-refractivity contribution in [1.82, 2.24) is 14.1 Å². The van der Waals surface area contributed by atoms with E-state index in [9.17, 15) is 14.9 Å². The monoisotopic (exact) mass is 399 g/mol. The molecule has 1 unspecified atom stereocenters. The van der Waals surface area contributed by atoms with E-state index in [-0.39, 0.29) is 17.3 Å². The van der Waals surface area contributed by atoms with Crippen molar-refractivity contribution in [3.8, 4) is 6.07 Å². The molecule has 2 aromatic carbocycles. The van der Waals surface area contributed by atoms with Crippen molar-refractivity contribution in [2.45, 2.75) is 5.92 Å². The van der Waals surface area contributed by atoms with Gasteiger partial charge in [0.1, 0.15) is 11.9 Å². The molecule has 0 saturated carbocycles. The van der Waals surface area contributed by atoms with E-state index < -0.39 is 11.2 Å². The molecule has 0 radical (unpaired) electrons. The topological polar surface area (TPSA) is 95.6 Å². The van der Waals surface area contributed by atoms with Gasteiger partial charge in [-0.15, -0.1) is 0 Å². The van der Waals surface area contributed by atoms with Crippen LogP contribution in [0.5, 0.6) is 0 Å². The lowest BCUT2D eigenvalue weighted by Gasteiger charge is -2.20. The standard InChI is InChI=1S/C23H21N5O2/c1-27-21(17(12-24)22(29)28(2)23(27)30)26-13-18(15-8-4-3-5-9-15)19-14-25-20-11-7-6-10-16(19)20/h3-11,14,18,25-26H,13H2,1-2H3. The first-order valence-corrected chi connectivity index (χ1v) is 9.58. The maximum atomic E-state index is 12.4. The fraction of sp³-hybridized carbons (Fsp3) is 0.174. The van der Waals surface area contributed by atoms with Crippen molar-refractivity contribution in [3.05, 3.63) is 98.3 Å². The zero-order valence-electron chi connectivity index (χ0n) is 16.7. The minimum absolute atomic E-state index is 0.0620. The van der Waals surface area contributed by atoms with Crippen LogP contribution < -0.4 is 16.6 Å². The Labute approximate surface area is 172 Å². The van der Waals surface area contributed by atoms with Gasteiger partial charge >= 0.3 is 5.69 Å². The van der Waals surface area contributed by atoms with Crippen molar-refractivity contribution in [2.24, 2.45) is 14.1 Å². The average molecular weight is 399 g/mol. The highest BCUT2D eigenvalue weighted by Crippen LogP contribution is 2.31. The molecule has 2 aromatic heterocycles. The van der Waals surface area contributed by atoms with E-state index in [1.807, 2.05) is 60.8 Å². The molecule has 150 valence electrons. The van der Waals surface area contributed by atoms with Gasteiger partial charge in [0.15, 0.2) is 5.56 Å². The van der Waals surface area contributed by atoms with Crippen LogP contribution in [0, 0.1) is 11.3 Å². The second-order valence-electron chi connectivity index (χ2n) is 7.17. The minimum Gasteiger partial charge on any atom is -0.369 e. The maximum absolute atomic E-state index is 12.4. The van der Waals surface area contributed by atoms with Crippen molar-refractivity contribution >= 4 is 16.7 Å². The van der Waals surface area contributed by atoms with E-state index in [2.05, 4.69) is 16.4 Å². The molecule has 0 aliphatic heterocycles. The van der Waals surface area contributed by atoms with Gasteiger partial charge < -0.3 is 10.3 Å². The first kappa shape index (κ1) is 19.3. The number of benzene rings is 2. The van der Waals surface area contributed by atoms with E-state index >= 15 is 0 Å². The van der Waals surface area contributed by atoms with E-state index in [1.54, 1.807) is 7.05 Å². The Morgan fingerprint density at radius 1 is 1.03 bits per heavy atom. The van der Waals surface area contributed by atoms with E-state index in [0.29, 0.717) is 6.54 Å². The van der Waals surface area contributed by atoms with Gasteiger partial charge in [0.05, 0.1) is 0 Å². The van der Waals surface area contributed by atoms with Crippen LogP contribution in [0.2, 0.25) is 0 Å². The summed E-state index contributed by atoms with van der Waals surface area (Å²) in [4.78, 5) is 28.1. The molecule has 4 aromatic rings. The van der Waals surface area contributed by atoms with Crippen LogP contribution in [0.25, 0.3) is 10.9 Å². The number of para-hydroxylation sites is 1. The summed E-state index contributed by atoms with van der Waals surface area (Å²) in [5, 5.41) is 13.8. The summed E-state index contributed by atoms with van der Waals surface area (Å²) >= 11 is 0. The number of hydrogen-bond donors (Lipinski definition) is 2. The molecule has 2 heterocycles. The summed E-state index contributed by atoms with van der Waals surface area (Å²) in [6.45, 7) is 0.404. The molecule has 0 fully saturated rings. The highest BCUT2D eigenvalue weighted by Gasteiger charge is 2.21. The highest BCUT2D eigenvalue weighted by molar-refractivity contribution is 5.84. The molecule has 0 aliphatic carbocycles. The number of hydrogen-bond acceptors (Lipinski definition) is 4. The van der Waals surface area contributed by atoms with Crippen LogP contribution in [0.4, 0.5) is 5.82 Å². The lowest BCUT2D eigenvalue weighted by Crippen LogP contribution is -2.40. The number of anilines is 1. The lowest BCUT2D eigenvalue weighted by atomic mass is 9.91. The number of aromatic amines is 1. The second kappa shape index (κ2) is 7.76. The summed E-state index contributed by atoms with van der Waals surface area (Å²) in [5.74, 6) is 0.166. The molecular formula is C23H21N5O2. The predicted octanol–water partition coefficient (Wildman–Crippen LogP) is 2.68. The Morgan fingerprint density at radius 3 is 2.47 bits per heavy atom. The van der Waals surface area contributed by atoms with Crippen molar-refractivity contribution in [3.63, 3.8) is 0 Å². The molecule has 1 atom stereocenters. The Morgan fingerprint density at radius 2 is 1.73 bits per heavy atom. The van der Waals surface area contributed by atoms with Gasteiger partial charge in [0.2, 0.25) is 0 Å². The summed E-state index contributed by atoms with van der Waals surface area (Å²) in [7, 11) is 2.92. The summed E-state index contributed by atoms with van der Waals surface area (Å²) in [6.07, 6.45) is 1.98. The van der Waals surface area contributed by atoms with Gasteiger partial charge in [0.25, 0.3) is 5.56 Å².